The van der Waals surface area contributed by atoms with Crippen LogP contribution in [0.1, 0.15) is 25.1 Å². The van der Waals surface area contributed by atoms with Gasteiger partial charge in [-0.15, -0.1) is 0 Å². The molecular formula is C13H20N2O2. The fraction of sp³-hybridized carbons (Fsp3) is 0.538. The molecule has 0 amide bonds. The summed E-state index contributed by atoms with van der Waals surface area (Å²) in [4.78, 5) is 15.7. The lowest BCUT2D eigenvalue weighted by atomic mass is 9.93. The van der Waals surface area contributed by atoms with Crippen molar-refractivity contribution in [1.82, 2.24) is 10.3 Å². The molecular weight excluding hydrogens is 216 g/mol. The van der Waals surface area contributed by atoms with Gasteiger partial charge in [-0.3, -0.25) is 9.78 Å². The first-order valence-corrected chi connectivity index (χ1v) is 5.67. The van der Waals surface area contributed by atoms with Crippen LogP contribution in [0.25, 0.3) is 0 Å². The summed E-state index contributed by atoms with van der Waals surface area (Å²) in [5.41, 5.74) is 1.65. The molecule has 0 aromatic carbocycles. The first kappa shape index (κ1) is 13.6. The molecule has 17 heavy (non-hydrogen) atoms. The molecule has 0 aliphatic rings. The molecule has 0 spiro atoms. The maximum atomic E-state index is 11.5. The zero-order valence-electron chi connectivity index (χ0n) is 10.9. The number of hydrogen-bond donors (Lipinski definition) is 1. The van der Waals surface area contributed by atoms with Crippen molar-refractivity contribution in [2.75, 3.05) is 13.7 Å². The Hall–Kier alpha value is -1.42. The normalized spacial score (nSPS) is 11.3. The zero-order valence-corrected chi connectivity index (χ0v) is 10.9. The number of rotatable bonds is 5. The highest BCUT2D eigenvalue weighted by atomic mass is 16.5. The Balaban J connectivity index is 2.48. The van der Waals surface area contributed by atoms with Gasteiger partial charge < -0.3 is 10.1 Å². The Morgan fingerprint density at radius 1 is 1.53 bits per heavy atom. The number of nitrogens with zero attached hydrogens (tertiary/aromatic N) is 1. The van der Waals surface area contributed by atoms with Gasteiger partial charge in [-0.25, -0.2) is 0 Å². The maximum Gasteiger partial charge on any atom is 0.312 e. The zero-order chi connectivity index (χ0) is 12.9. The predicted octanol–water partition coefficient (Wildman–Crippen LogP) is 1.68. The summed E-state index contributed by atoms with van der Waals surface area (Å²) in [5.74, 6) is -0.201. The molecule has 0 aliphatic carbocycles. The number of pyridine rings is 1. The first-order valence-electron chi connectivity index (χ1n) is 5.67. The Morgan fingerprint density at radius 3 is 2.82 bits per heavy atom. The molecule has 0 aliphatic heterocycles. The largest absolute Gasteiger partial charge is 0.469 e. The van der Waals surface area contributed by atoms with Gasteiger partial charge in [0.2, 0.25) is 0 Å². The van der Waals surface area contributed by atoms with Crippen molar-refractivity contribution >= 4 is 5.97 Å². The van der Waals surface area contributed by atoms with Gasteiger partial charge in [-0.05, 0) is 32.4 Å². The Bertz CT molecular complexity index is 389. The molecule has 1 heterocycles. The number of nitrogens with one attached hydrogen (secondary N) is 1. The second kappa shape index (κ2) is 5.77. The van der Waals surface area contributed by atoms with Crippen molar-refractivity contribution in [3.8, 4) is 0 Å². The number of carbonyl (C=O) groups is 1. The average molecular weight is 236 g/mol. The van der Waals surface area contributed by atoms with Crippen LogP contribution in [0.5, 0.6) is 0 Å². The van der Waals surface area contributed by atoms with Crippen LogP contribution in [0.4, 0.5) is 0 Å². The number of carbonyl (C=O) groups excluding carboxylic acids is 1. The highest BCUT2D eigenvalue weighted by molar-refractivity contribution is 5.76. The summed E-state index contributed by atoms with van der Waals surface area (Å²) in [7, 11) is 1.41. The van der Waals surface area contributed by atoms with Crippen LogP contribution >= 0.6 is 0 Å². The third-order valence-corrected chi connectivity index (χ3v) is 2.74. The fourth-order valence-corrected chi connectivity index (χ4v) is 1.56. The molecule has 0 saturated heterocycles. The van der Waals surface area contributed by atoms with E-state index >= 15 is 0 Å². The van der Waals surface area contributed by atoms with E-state index in [0.717, 1.165) is 11.3 Å². The van der Waals surface area contributed by atoms with Crippen molar-refractivity contribution in [2.45, 2.75) is 27.3 Å². The monoisotopic (exact) mass is 236 g/mol. The van der Waals surface area contributed by atoms with Gasteiger partial charge in [0, 0.05) is 25.0 Å². The molecule has 1 N–H and O–H groups in total. The summed E-state index contributed by atoms with van der Waals surface area (Å²) in [6, 6.07) is 3.94. The Morgan fingerprint density at radius 2 is 2.24 bits per heavy atom. The van der Waals surface area contributed by atoms with Gasteiger partial charge in [0.05, 0.1) is 12.5 Å². The van der Waals surface area contributed by atoms with E-state index in [4.69, 9.17) is 4.74 Å². The van der Waals surface area contributed by atoms with Crippen molar-refractivity contribution < 1.29 is 9.53 Å². The standard InChI is InChI=1S/C13H20N2O2/c1-10-11(6-5-7-15-10)8-14-9-13(2,3)12(16)17-4/h5-7,14H,8-9H2,1-4H3. The minimum Gasteiger partial charge on any atom is -0.469 e. The van der Waals surface area contributed by atoms with Crippen LogP contribution < -0.4 is 5.32 Å². The molecule has 4 heteroatoms. The minimum atomic E-state index is -0.509. The van der Waals surface area contributed by atoms with Crippen LogP contribution in [0.2, 0.25) is 0 Å². The highest BCUT2D eigenvalue weighted by Gasteiger charge is 2.27. The topological polar surface area (TPSA) is 51.2 Å². The predicted molar refractivity (Wildman–Crippen MR) is 66.5 cm³/mol. The fourth-order valence-electron chi connectivity index (χ4n) is 1.56. The van der Waals surface area contributed by atoms with E-state index in [9.17, 15) is 4.79 Å². The molecule has 1 aromatic heterocycles. The van der Waals surface area contributed by atoms with Crippen LogP contribution in [0.3, 0.4) is 0 Å². The second-order valence-electron chi connectivity index (χ2n) is 4.73. The summed E-state index contributed by atoms with van der Waals surface area (Å²) in [6.07, 6.45) is 1.78. The molecule has 0 fully saturated rings. The molecule has 0 unspecified atom stereocenters. The van der Waals surface area contributed by atoms with Gasteiger partial charge >= 0.3 is 5.97 Å². The van der Waals surface area contributed by atoms with Gasteiger partial charge in [-0.1, -0.05) is 6.07 Å². The van der Waals surface area contributed by atoms with E-state index in [-0.39, 0.29) is 5.97 Å². The molecule has 0 atom stereocenters. The molecule has 4 nitrogen and oxygen atoms in total. The van der Waals surface area contributed by atoms with Crippen LogP contribution in [0, 0.1) is 12.3 Å². The summed E-state index contributed by atoms with van der Waals surface area (Å²) >= 11 is 0. The number of esters is 1. The molecule has 94 valence electrons. The number of aryl methyl sites for hydroxylation is 1. The maximum absolute atomic E-state index is 11.5. The SMILES string of the molecule is COC(=O)C(C)(C)CNCc1cccnc1C. The molecule has 0 bridgehead atoms. The van der Waals surface area contributed by atoms with Crippen molar-refractivity contribution in [1.29, 1.82) is 0 Å². The van der Waals surface area contributed by atoms with Gasteiger partial charge in [0.25, 0.3) is 0 Å². The molecule has 0 radical (unpaired) electrons. The Kier molecular flexibility index (Phi) is 4.63. The minimum absolute atomic E-state index is 0.201. The second-order valence-corrected chi connectivity index (χ2v) is 4.73. The number of ether oxygens (including phenoxy) is 1. The molecule has 1 aromatic rings. The average Bonchev–Trinajstić information content (AvgIpc) is 2.30. The van der Waals surface area contributed by atoms with Crippen molar-refractivity contribution in [3.63, 3.8) is 0 Å². The van der Waals surface area contributed by atoms with Crippen molar-refractivity contribution in [3.05, 3.63) is 29.6 Å². The van der Waals surface area contributed by atoms with Gasteiger partial charge in [0.15, 0.2) is 0 Å². The van der Waals surface area contributed by atoms with E-state index in [0.29, 0.717) is 13.1 Å². The highest BCUT2D eigenvalue weighted by Crippen LogP contribution is 2.15. The van der Waals surface area contributed by atoms with Crippen LogP contribution in [-0.2, 0) is 16.1 Å². The lowest BCUT2D eigenvalue weighted by Crippen LogP contribution is -2.36. The van der Waals surface area contributed by atoms with Crippen LogP contribution in [-0.4, -0.2) is 24.6 Å². The van der Waals surface area contributed by atoms with Gasteiger partial charge in [-0.2, -0.15) is 0 Å². The van der Waals surface area contributed by atoms with E-state index in [1.54, 1.807) is 6.20 Å². The quantitative estimate of drug-likeness (QED) is 0.790. The first-order chi connectivity index (χ1) is 7.97. The van der Waals surface area contributed by atoms with E-state index in [1.165, 1.54) is 7.11 Å². The third-order valence-electron chi connectivity index (χ3n) is 2.74. The summed E-state index contributed by atoms with van der Waals surface area (Å²) in [5, 5.41) is 3.26. The Labute approximate surface area is 102 Å². The van der Waals surface area contributed by atoms with Gasteiger partial charge in [0.1, 0.15) is 0 Å². The summed E-state index contributed by atoms with van der Waals surface area (Å²) in [6.45, 7) is 6.99. The molecule has 0 saturated carbocycles. The number of methoxy groups -OCH3 is 1. The van der Waals surface area contributed by atoms with E-state index < -0.39 is 5.41 Å². The lowest BCUT2D eigenvalue weighted by Gasteiger charge is -2.22. The third kappa shape index (κ3) is 3.82. The molecule has 1 rings (SSSR count). The lowest BCUT2D eigenvalue weighted by molar-refractivity contribution is -0.150. The summed E-state index contributed by atoms with van der Waals surface area (Å²) < 4.78 is 4.75. The smallest absolute Gasteiger partial charge is 0.312 e. The number of aromatic nitrogens is 1. The van der Waals surface area contributed by atoms with E-state index in [1.807, 2.05) is 32.9 Å². The number of hydrogen-bond acceptors (Lipinski definition) is 4. The van der Waals surface area contributed by atoms with E-state index in [2.05, 4.69) is 10.3 Å². The van der Waals surface area contributed by atoms with Crippen molar-refractivity contribution in [2.24, 2.45) is 5.41 Å². The van der Waals surface area contributed by atoms with Crippen LogP contribution in [0.15, 0.2) is 18.3 Å².